The zero-order valence-electron chi connectivity index (χ0n) is 15.8. The Morgan fingerprint density at radius 3 is 2.21 bits per heavy atom. The molecule has 3 rings (SSSR count). The molecule has 0 radical (unpaired) electrons. The van der Waals surface area contributed by atoms with Crippen LogP contribution in [0.3, 0.4) is 0 Å². The number of carbonyl (C=O) groups excluding carboxylic acids is 5. The number of hydrogen-bond acceptors (Lipinski definition) is 6. The topological polar surface area (TPSA) is 122 Å². The van der Waals surface area contributed by atoms with E-state index in [0.29, 0.717) is 24.2 Å². The van der Waals surface area contributed by atoms with Crippen molar-refractivity contribution in [2.75, 3.05) is 23.8 Å². The molecule has 0 saturated carbocycles. The van der Waals surface area contributed by atoms with Crippen LogP contribution < -0.4 is 10.6 Å². The van der Waals surface area contributed by atoms with Gasteiger partial charge in [0.25, 0.3) is 5.91 Å². The highest BCUT2D eigenvalue weighted by Crippen LogP contribution is 2.34. The summed E-state index contributed by atoms with van der Waals surface area (Å²) in [4.78, 5) is 60.7. The molecule has 1 heterocycles. The minimum Gasteiger partial charge on any atom is -0.454 e. The van der Waals surface area contributed by atoms with E-state index in [1.54, 1.807) is 24.3 Å². The Morgan fingerprint density at radius 1 is 1.03 bits per heavy atom. The van der Waals surface area contributed by atoms with E-state index in [9.17, 15) is 24.0 Å². The van der Waals surface area contributed by atoms with E-state index in [1.165, 1.54) is 6.92 Å². The molecule has 1 saturated heterocycles. The first kappa shape index (κ1) is 20.2. The standard InChI is InChI=1S/C20H21N3O6/c1-12(24)21-13-5-4-6-14(9-13)22-17(25)11-29-18(26)10-23-19(27)15-7-2-3-8-16(15)20(23)28/h2-6,9,15-16H,7-8,10-11H2,1H3,(H,21,24)(H,22,25)/t15-,16-/m0/s1. The number of amides is 4. The SMILES string of the molecule is CC(=O)Nc1cccc(NC(=O)COC(=O)CN2C(=O)[C@H]3CC=CC[C@@H]3C2=O)c1. The van der Waals surface area contributed by atoms with Crippen LogP contribution in [-0.4, -0.2) is 47.6 Å². The molecule has 29 heavy (non-hydrogen) atoms. The molecule has 9 nitrogen and oxygen atoms in total. The van der Waals surface area contributed by atoms with E-state index in [-0.39, 0.29) is 17.7 Å². The van der Waals surface area contributed by atoms with Crippen molar-refractivity contribution in [1.82, 2.24) is 4.90 Å². The molecule has 4 amide bonds. The molecule has 1 aliphatic heterocycles. The number of nitrogens with one attached hydrogen (secondary N) is 2. The van der Waals surface area contributed by atoms with E-state index in [1.807, 2.05) is 12.2 Å². The number of hydrogen-bond donors (Lipinski definition) is 2. The lowest BCUT2D eigenvalue weighted by Crippen LogP contribution is -2.37. The van der Waals surface area contributed by atoms with Gasteiger partial charge < -0.3 is 15.4 Å². The van der Waals surface area contributed by atoms with E-state index in [2.05, 4.69) is 10.6 Å². The average Bonchev–Trinajstić information content (AvgIpc) is 2.91. The van der Waals surface area contributed by atoms with Gasteiger partial charge in [0.1, 0.15) is 6.54 Å². The first-order chi connectivity index (χ1) is 13.8. The summed E-state index contributed by atoms with van der Waals surface area (Å²) >= 11 is 0. The molecule has 0 aromatic heterocycles. The summed E-state index contributed by atoms with van der Waals surface area (Å²) < 4.78 is 4.90. The molecule has 152 valence electrons. The molecule has 1 aromatic rings. The number of esters is 1. The fraction of sp³-hybridized carbons (Fsp3) is 0.350. The zero-order valence-corrected chi connectivity index (χ0v) is 15.8. The van der Waals surface area contributed by atoms with Gasteiger partial charge in [-0.1, -0.05) is 18.2 Å². The first-order valence-corrected chi connectivity index (χ1v) is 9.18. The quantitative estimate of drug-likeness (QED) is 0.419. The van der Waals surface area contributed by atoms with Crippen LogP contribution in [-0.2, 0) is 28.7 Å². The van der Waals surface area contributed by atoms with Crippen molar-refractivity contribution in [3.63, 3.8) is 0 Å². The second-order valence-corrected chi connectivity index (χ2v) is 6.89. The van der Waals surface area contributed by atoms with Crippen molar-refractivity contribution in [3.05, 3.63) is 36.4 Å². The summed E-state index contributed by atoms with van der Waals surface area (Å²) in [5.41, 5.74) is 0.924. The summed E-state index contributed by atoms with van der Waals surface area (Å²) in [5.74, 6) is -3.25. The van der Waals surface area contributed by atoms with Gasteiger partial charge in [-0.3, -0.25) is 28.9 Å². The number of likely N-dealkylation sites (tertiary alicyclic amines) is 1. The molecule has 0 unspecified atom stereocenters. The number of imide groups is 1. The second kappa shape index (κ2) is 8.68. The third kappa shape index (κ3) is 4.87. The van der Waals surface area contributed by atoms with Crippen LogP contribution in [0.4, 0.5) is 11.4 Å². The monoisotopic (exact) mass is 399 g/mol. The van der Waals surface area contributed by atoms with Crippen molar-refractivity contribution in [2.45, 2.75) is 19.8 Å². The lowest BCUT2D eigenvalue weighted by atomic mass is 9.85. The van der Waals surface area contributed by atoms with Gasteiger partial charge in [0.2, 0.25) is 17.7 Å². The first-order valence-electron chi connectivity index (χ1n) is 9.18. The lowest BCUT2D eigenvalue weighted by molar-refractivity contribution is -0.154. The maximum absolute atomic E-state index is 12.3. The molecule has 2 aliphatic rings. The number of fused-ring (bicyclic) bond motifs is 1. The number of nitrogens with zero attached hydrogens (tertiary/aromatic N) is 1. The fourth-order valence-electron chi connectivity index (χ4n) is 3.42. The normalized spacial score (nSPS) is 20.2. The van der Waals surface area contributed by atoms with Crippen molar-refractivity contribution in [1.29, 1.82) is 0 Å². The number of carbonyl (C=O) groups is 5. The van der Waals surface area contributed by atoms with Crippen LogP contribution >= 0.6 is 0 Å². The molecular formula is C20H21N3O6. The molecule has 9 heteroatoms. The number of allylic oxidation sites excluding steroid dienone is 2. The van der Waals surface area contributed by atoms with Gasteiger partial charge in [-0.15, -0.1) is 0 Å². The Balaban J connectivity index is 1.48. The Bertz CT molecular complexity index is 868. The fourth-order valence-corrected chi connectivity index (χ4v) is 3.42. The van der Waals surface area contributed by atoms with Gasteiger partial charge >= 0.3 is 5.97 Å². The zero-order chi connectivity index (χ0) is 21.0. The Kier molecular flexibility index (Phi) is 6.06. The predicted octanol–water partition coefficient (Wildman–Crippen LogP) is 1.08. The Labute approximate surface area is 167 Å². The number of anilines is 2. The van der Waals surface area contributed by atoms with Crippen molar-refractivity contribution in [3.8, 4) is 0 Å². The number of ether oxygens (including phenoxy) is 1. The predicted molar refractivity (Wildman–Crippen MR) is 102 cm³/mol. The molecule has 1 fully saturated rings. The summed E-state index contributed by atoms with van der Waals surface area (Å²) in [6.07, 6.45) is 4.69. The maximum atomic E-state index is 12.3. The van der Waals surface area contributed by atoms with Crippen LogP contribution in [0.5, 0.6) is 0 Å². The van der Waals surface area contributed by atoms with Gasteiger partial charge in [0, 0.05) is 18.3 Å². The average molecular weight is 399 g/mol. The molecule has 2 N–H and O–H groups in total. The highest BCUT2D eigenvalue weighted by Gasteiger charge is 2.47. The summed E-state index contributed by atoms with van der Waals surface area (Å²) in [6, 6.07) is 6.47. The van der Waals surface area contributed by atoms with Crippen LogP contribution in [0.15, 0.2) is 36.4 Å². The summed E-state index contributed by atoms with van der Waals surface area (Å²) in [7, 11) is 0. The van der Waals surface area contributed by atoms with Crippen LogP contribution in [0.1, 0.15) is 19.8 Å². The maximum Gasteiger partial charge on any atom is 0.326 e. The van der Waals surface area contributed by atoms with Crippen molar-refractivity contribution in [2.24, 2.45) is 11.8 Å². The van der Waals surface area contributed by atoms with Gasteiger partial charge in [-0.05, 0) is 31.0 Å². The largest absolute Gasteiger partial charge is 0.454 e. The van der Waals surface area contributed by atoms with E-state index in [0.717, 1.165) is 4.90 Å². The lowest BCUT2D eigenvalue weighted by Gasteiger charge is -2.14. The molecule has 2 atom stereocenters. The van der Waals surface area contributed by atoms with Crippen LogP contribution in [0.25, 0.3) is 0 Å². The minimum absolute atomic E-state index is 0.246. The van der Waals surface area contributed by atoms with Gasteiger partial charge in [0.15, 0.2) is 6.61 Å². The van der Waals surface area contributed by atoms with Crippen molar-refractivity contribution < 1.29 is 28.7 Å². The molecule has 1 aliphatic carbocycles. The second-order valence-electron chi connectivity index (χ2n) is 6.89. The summed E-state index contributed by atoms with van der Waals surface area (Å²) in [6.45, 7) is 0.301. The molecule has 0 spiro atoms. The molecular weight excluding hydrogens is 378 g/mol. The Morgan fingerprint density at radius 2 is 1.62 bits per heavy atom. The highest BCUT2D eigenvalue weighted by molar-refractivity contribution is 6.07. The van der Waals surface area contributed by atoms with Gasteiger partial charge in [-0.25, -0.2) is 0 Å². The van der Waals surface area contributed by atoms with E-state index < -0.39 is 36.9 Å². The van der Waals surface area contributed by atoms with Crippen LogP contribution in [0.2, 0.25) is 0 Å². The third-order valence-corrected chi connectivity index (χ3v) is 4.72. The molecule has 0 bridgehead atoms. The van der Waals surface area contributed by atoms with Gasteiger partial charge in [0.05, 0.1) is 11.8 Å². The minimum atomic E-state index is -0.833. The highest BCUT2D eigenvalue weighted by atomic mass is 16.5. The van der Waals surface area contributed by atoms with Crippen LogP contribution in [0, 0.1) is 11.8 Å². The van der Waals surface area contributed by atoms with Crippen molar-refractivity contribution >= 4 is 41.0 Å². The smallest absolute Gasteiger partial charge is 0.326 e. The number of benzene rings is 1. The third-order valence-electron chi connectivity index (χ3n) is 4.72. The van der Waals surface area contributed by atoms with Gasteiger partial charge in [-0.2, -0.15) is 0 Å². The van der Waals surface area contributed by atoms with E-state index >= 15 is 0 Å². The Hall–Kier alpha value is -3.49. The van der Waals surface area contributed by atoms with E-state index in [4.69, 9.17) is 4.74 Å². The molecule has 1 aromatic carbocycles. The number of rotatable bonds is 6. The summed E-state index contributed by atoms with van der Waals surface area (Å²) in [5, 5.41) is 5.13.